The molecule has 0 aliphatic heterocycles. The molecular formula is C13H18BrN3S. The Kier molecular flexibility index (Phi) is 4.25. The lowest BCUT2D eigenvalue weighted by molar-refractivity contribution is 0.577. The van der Waals surface area contributed by atoms with Crippen molar-refractivity contribution < 1.29 is 0 Å². The van der Waals surface area contributed by atoms with Crippen molar-refractivity contribution in [1.29, 1.82) is 0 Å². The second-order valence-corrected chi connectivity index (χ2v) is 6.52. The maximum absolute atomic E-state index is 4.31. The van der Waals surface area contributed by atoms with E-state index in [9.17, 15) is 0 Å². The third-order valence-electron chi connectivity index (χ3n) is 3.09. The smallest absolute Gasteiger partial charge is 0.0853 e. The molecule has 98 valence electrons. The maximum atomic E-state index is 4.31. The number of halogens is 1. The average Bonchev–Trinajstić information content (AvgIpc) is 2.81. The van der Waals surface area contributed by atoms with Gasteiger partial charge < -0.3 is 5.32 Å². The molecule has 0 saturated carbocycles. The Morgan fingerprint density at radius 3 is 2.67 bits per heavy atom. The summed E-state index contributed by atoms with van der Waals surface area (Å²) in [6, 6.07) is 2.47. The molecule has 0 spiro atoms. The molecule has 2 aromatic rings. The largest absolute Gasteiger partial charge is 0.305 e. The molecule has 0 aromatic carbocycles. The van der Waals surface area contributed by atoms with Crippen molar-refractivity contribution in [2.75, 3.05) is 6.54 Å². The van der Waals surface area contributed by atoms with Gasteiger partial charge >= 0.3 is 0 Å². The number of nitrogens with one attached hydrogen (secondary N) is 1. The van der Waals surface area contributed by atoms with Gasteiger partial charge in [0.25, 0.3) is 0 Å². The van der Waals surface area contributed by atoms with Crippen molar-refractivity contribution in [2.45, 2.75) is 26.8 Å². The highest BCUT2D eigenvalue weighted by molar-refractivity contribution is 9.10. The SMILES string of the molecule is CCNC(c1cc(C)c(C)s1)c1c(Br)cnn1C. The molecule has 1 atom stereocenters. The van der Waals surface area contributed by atoms with E-state index in [1.165, 1.54) is 21.0 Å². The van der Waals surface area contributed by atoms with Gasteiger partial charge in [-0.2, -0.15) is 5.10 Å². The van der Waals surface area contributed by atoms with E-state index in [4.69, 9.17) is 0 Å². The fourth-order valence-electron chi connectivity index (χ4n) is 2.03. The first-order valence-electron chi connectivity index (χ1n) is 6.02. The third-order valence-corrected chi connectivity index (χ3v) is 4.92. The molecule has 0 amide bonds. The molecule has 2 rings (SSSR count). The van der Waals surface area contributed by atoms with Crippen LogP contribution in [0.25, 0.3) is 0 Å². The van der Waals surface area contributed by atoms with Crippen LogP contribution >= 0.6 is 27.3 Å². The minimum atomic E-state index is 0.203. The van der Waals surface area contributed by atoms with E-state index in [0.29, 0.717) is 0 Å². The Bertz CT molecular complexity index is 505. The van der Waals surface area contributed by atoms with E-state index in [-0.39, 0.29) is 6.04 Å². The lowest BCUT2D eigenvalue weighted by Crippen LogP contribution is -2.23. The van der Waals surface area contributed by atoms with Crippen molar-refractivity contribution in [1.82, 2.24) is 15.1 Å². The summed E-state index contributed by atoms with van der Waals surface area (Å²) in [4.78, 5) is 2.72. The van der Waals surface area contributed by atoms with Gasteiger partial charge in [-0.3, -0.25) is 4.68 Å². The van der Waals surface area contributed by atoms with Crippen molar-refractivity contribution in [3.05, 3.63) is 37.7 Å². The fraction of sp³-hybridized carbons (Fsp3) is 0.462. The number of aryl methyl sites for hydroxylation is 3. The van der Waals surface area contributed by atoms with E-state index in [0.717, 1.165) is 11.0 Å². The molecule has 0 aliphatic carbocycles. The number of hydrogen-bond donors (Lipinski definition) is 1. The minimum absolute atomic E-state index is 0.203. The zero-order valence-corrected chi connectivity index (χ0v) is 13.5. The highest BCUT2D eigenvalue weighted by atomic mass is 79.9. The van der Waals surface area contributed by atoms with Gasteiger partial charge in [-0.25, -0.2) is 0 Å². The van der Waals surface area contributed by atoms with Crippen LogP contribution in [-0.4, -0.2) is 16.3 Å². The predicted molar refractivity (Wildman–Crippen MR) is 80.2 cm³/mol. The van der Waals surface area contributed by atoms with Crippen LogP contribution in [0.15, 0.2) is 16.7 Å². The number of rotatable bonds is 4. The summed E-state index contributed by atoms with van der Waals surface area (Å²) in [5.41, 5.74) is 2.54. The molecule has 2 aromatic heterocycles. The zero-order valence-electron chi connectivity index (χ0n) is 11.1. The average molecular weight is 328 g/mol. The van der Waals surface area contributed by atoms with Crippen molar-refractivity contribution >= 4 is 27.3 Å². The van der Waals surface area contributed by atoms with Crippen LogP contribution in [-0.2, 0) is 7.05 Å². The highest BCUT2D eigenvalue weighted by Gasteiger charge is 2.21. The first kappa shape index (κ1) is 13.8. The Labute approximate surface area is 120 Å². The van der Waals surface area contributed by atoms with Crippen LogP contribution < -0.4 is 5.32 Å². The molecule has 3 nitrogen and oxygen atoms in total. The van der Waals surface area contributed by atoms with Gasteiger partial charge in [0, 0.05) is 16.8 Å². The fourth-order valence-corrected chi connectivity index (χ4v) is 3.72. The Hall–Kier alpha value is -0.650. The Balaban J connectivity index is 2.46. The molecule has 2 heterocycles. The second kappa shape index (κ2) is 5.55. The van der Waals surface area contributed by atoms with Gasteiger partial charge in [-0.05, 0) is 48.0 Å². The molecular weight excluding hydrogens is 310 g/mol. The van der Waals surface area contributed by atoms with Crippen molar-refractivity contribution in [3.8, 4) is 0 Å². The zero-order chi connectivity index (χ0) is 13.3. The molecule has 5 heteroatoms. The van der Waals surface area contributed by atoms with Gasteiger partial charge in [-0.15, -0.1) is 11.3 Å². The second-order valence-electron chi connectivity index (χ2n) is 4.38. The van der Waals surface area contributed by atoms with Crippen LogP contribution in [0.1, 0.15) is 34.0 Å². The summed E-state index contributed by atoms with van der Waals surface area (Å²) >= 11 is 5.45. The molecule has 0 aliphatic rings. The number of aromatic nitrogens is 2. The van der Waals surface area contributed by atoms with E-state index < -0.39 is 0 Å². The van der Waals surface area contributed by atoms with Crippen molar-refractivity contribution in [2.24, 2.45) is 7.05 Å². The first-order valence-corrected chi connectivity index (χ1v) is 7.63. The molecule has 1 N–H and O–H groups in total. The molecule has 18 heavy (non-hydrogen) atoms. The summed E-state index contributed by atoms with van der Waals surface area (Å²) in [6.07, 6.45) is 1.85. The van der Waals surface area contributed by atoms with Crippen LogP contribution in [0.3, 0.4) is 0 Å². The Morgan fingerprint density at radius 1 is 1.50 bits per heavy atom. The van der Waals surface area contributed by atoms with Crippen LogP contribution in [0.4, 0.5) is 0 Å². The molecule has 1 unspecified atom stereocenters. The van der Waals surface area contributed by atoms with Gasteiger partial charge in [0.1, 0.15) is 0 Å². The molecule has 0 radical (unpaired) electrons. The minimum Gasteiger partial charge on any atom is -0.305 e. The van der Waals surface area contributed by atoms with Gasteiger partial charge in [-0.1, -0.05) is 6.92 Å². The topological polar surface area (TPSA) is 29.9 Å². The third kappa shape index (κ3) is 2.53. The monoisotopic (exact) mass is 327 g/mol. The van der Waals surface area contributed by atoms with E-state index in [1.54, 1.807) is 0 Å². The molecule has 0 bridgehead atoms. The Morgan fingerprint density at radius 2 is 2.22 bits per heavy atom. The number of thiophene rings is 1. The van der Waals surface area contributed by atoms with Crippen LogP contribution in [0, 0.1) is 13.8 Å². The summed E-state index contributed by atoms with van der Waals surface area (Å²) < 4.78 is 2.99. The summed E-state index contributed by atoms with van der Waals surface area (Å²) in [6.45, 7) is 7.39. The van der Waals surface area contributed by atoms with E-state index in [2.05, 4.69) is 53.2 Å². The van der Waals surface area contributed by atoms with Gasteiger partial charge in [0.15, 0.2) is 0 Å². The highest BCUT2D eigenvalue weighted by Crippen LogP contribution is 2.33. The van der Waals surface area contributed by atoms with Crippen molar-refractivity contribution in [3.63, 3.8) is 0 Å². The van der Waals surface area contributed by atoms with Gasteiger partial charge in [0.2, 0.25) is 0 Å². The number of hydrogen-bond acceptors (Lipinski definition) is 3. The molecule has 0 fully saturated rings. The standard InChI is InChI=1S/C13H18BrN3S/c1-5-15-12(11-6-8(2)9(3)18-11)13-10(14)7-16-17(13)4/h6-7,12,15H,5H2,1-4H3. The number of nitrogens with zero attached hydrogens (tertiary/aromatic N) is 2. The lowest BCUT2D eigenvalue weighted by atomic mass is 10.1. The first-order chi connectivity index (χ1) is 8.54. The van der Waals surface area contributed by atoms with Crippen LogP contribution in [0.5, 0.6) is 0 Å². The lowest BCUT2D eigenvalue weighted by Gasteiger charge is -2.17. The normalized spacial score (nSPS) is 12.9. The molecule has 0 saturated heterocycles. The predicted octanol–water partition coefficient (Wildman–Crippen LogP) is 3.56. The van der Waals surface area contributed by atoms with E-state index >= 15 is 0 Å². The maximum Gasteiger partial charge on any atom is 0.0853 e. The summed E-state index contributed by atoms with van der Waals surface area (Å²) in [5.74, 6) is 0. The summed E-state index contributed by atoms with van der Waals surface area (Å²) in [7, 11) is 1.98. The quantitative estimate of drug-likeness (QED) is 0.930. The van der Waals surface area contributed by atoms with Gasteiger partial charge in [0.05, 0.1) is 22.4 Å². The summed E-state index contributed by atoms with van der Waals surface area (Å²) in [5, 5.41) is 7.85. The van der Waals surface area contributed by atoms with Crippen LogP contribution in [0.2, 0.25) is 0 Å². The van der Waals surface area contributed by atoms with E-state index in [1.807, 2.05) is 29.3 Å².